The van der Waals surface area contributed by atoms with Crippen LogP contribution in [0, 0.1) is 39.9 Å². The summed E-state index contributed by atoms with van der Waals surface area (Å²) in [5.41, 5.74) is -3.34. The highest BCUT2D eigenvalue weighted by atomic mass is 16.6. The van der Waals surface area contributed by atoms with Crippen LogP contribution in [0.15, 0.2) is 72.8 Å². The van der Waals surface area contributed by atoms with Crippen LogP contribution in [0.3, 0.4) is 0 Å². The molecular weight excluding hydrogens is 658 g/mol. The lowest BCUT2D eigenvalue weighted by molar-refractivity contribution is -0.308. The molecule has 7 bridgehead atoms. The molecule has 2 spiro atoms. The van der Waals surface area contributed by atoms with Crippen molar-refractivity contribution in [2.75, 3.05) is 7.05 Å². The molecule has 51 heavy (non-hydrogen) atoms. The number of nitrogens with zero attached hydrogens (tertiary/aromatic N) is 1. The lowest BCUT2D eigenvalue weighted by Crippen LogP contribution is -2.81. The van der Waals surface area contributed by atoms with Gasteiger partial charge in [0.25, 0.3) is 0 Å². The number of hydrogen-bond donors (Lipinski definition) is 2. The second-order valence-corrected chi connectivity index (χ2v) is 15.5. The zero-order chi connectivity index (χ0) is 36.4. The predicted octanol–water partition coefficient (Wildman–Crippen LogP) is 2.36. The zero-order valence-corrected chi connectivity index (χ0v) is 28.7. The summed E-state index contributed by atoms with van der Waals surface area (Å²) in [7, 11) is 1.80. The Kier molecular flexibility index (Phi) is 7.48. The van der Waals surface area contributed by atoms with E-state index in [-0.39, 0.29) is 23.1 Å². The molecular formula is C39H41NO11. The number of benzene rings is 2. The van der Waals surface area contributed by atoms with Crippen molar-refractivity contribution >= 4 is 30.2 Å². The highest BCUT2D eigenvalue weighted by molar-refractivity contribution is 5.90. The Morgan fingerprint density at radius 1 is 0.824 bits per heavy atom. The van der Waals surface area contributed by atoms with Crippen molar-refractivity contribution in [3.05, 3.63) is 83.9 Å². The first kappa shape index (κ1) is 33.7. The molecule has 10 rings (SSSR count). The van der Waals surface area contributed by atoms with Gasteiger partial charge in [-0.3, -0.25) is 14.5 Å². The van der Waals surface area contributed by atoms with Gasteiger partial charge in [0, 0.05) is 66.4 Å². The van der Waals surface area contributed by atoms with Crippen molar-refractivity contribution in [1.29, 1.82) is 0 Å². The quantitative estimate of drug-likeness (QED) is 0.188. The van der Waals surface area contributed by atoms with Gasteiger partial charge in [-0.15, -0.1) is 0 Å². The first-order valence-corrected chi connectivity index (χ1v) is 17.4. The van der Waals surface area contributed by atoms with Crippen molar-refractivity contribution < 1.29 is 53.1 Å². The van der Waals surface area contributed by atoms with Gasteiger partial charge in [0.2, 0.25) is 0 Å². The summed E-state index contributed by atoms with van der Waals surface area (Å²) in [6.45, 7) is 8.47. The van der Waals surface area contributed by atoms with Crippen molar-refractivity contribution in [1.82, 2.24) is 4.90 Å². The van der Waals surface area contributed by atoms with Gasteiger partial charge in [-0.25, -0.2) is 9.59 Å². The summed E-state index contributed by atoms with van der Waals surface area (Å²) < 4.78 is 25.1. The van der Waals surface area contributed by atoms with Crippen LogP contribution in [0.5, 0.6) is 0 Å². The molecule has 0 aromatic heterocycles. The Morgan fingerprint density at radius 2 is 1.39 bits per heavy atom. The fraction of sp³-hybridized carbons (Fsp3) is 0.513. The molecule has 0 radical (unpaired) electrons. The normalized spacial score (nSPS) is 44.0. The van der Waals surface area contributed by atoms with Crippen molar-refractivity contribution in [2.45, 2.75) is 75.9 Å². The van der Waals surface area contributed by atoms with Crippen LogP contribution in [-0.2, 0) is 33.3 Å². The number of likely N-dealkylation sites (N-methyl/N-ethyl adjacent to an activating group) is 1. The van der Waals surface area contributed by atoms with E-state index in [1.54, 1.807) is 74.6 Å². The maximum absolute atomic E-state index is 13.8. The summed E-state index contributed by atoms with van der Waals surface area (Å²) in [5.74, 6) is -6.05. The summed E-state index contributed by atoms with van der Waals surface area (Å²) in [6.07, 6.45) is -6.42. The summed E-state index contributed by atoms with van der Waals surface area (Å²) >= 11 is 0. The predicted molar refractivity (Wildman–Crippen MR) is 177 cm³/mol. The van der Waals surface area contributed by atoms with E-state index in [0.717, 1.165) is 6.29 Å². The molecule has 268 valence electrons. The molecule has 2 aromatic rings. The molecule has 12 heteroatoms. The monoisotopic (exact) mass is 699 g/mol. The molecule has 2 aliphatic heterocycles. The molecule has 2 saturated heterocycles. The van der Waals surface area contributed by atoms with Gasteiger partial charge in [0.1, 0.15) is 30.7 Å². The number of carbonyl (C=O) groups excluding carboxylic acids is 5. The number of ether oxygens (including phenoxy) is 4. The van der Waals surface area contributed by atoms with Gasteiger partial charge in [-0.2, -0.15) is 0 Å². The van der Waals surface area contributed by atoms with E-state index in [1.807, 2.05) is 4.90 Å². The second kappa shape index (κ2) is 11.3. The average Bonchev–Trinajstić information content (AvgIpc) is 3.44. The smallest absolute Gasteiger partial charge is 0.338 e. The molecule has 6 saturated carbocycles. The largest absolute Gasteiger partial charge is 0.461 e. The minimum absolute atomic E-state index is 0.0308. The molecule has 1 unspecified atom stereocenters. The fourth-order valence-electron chi connectivity index (χ4n) is 12.4. The summed E-state index contributed by atoms with van der Waals surface area (Å²) in [6, 6.07) is 15.2. The lowest BCUT2D eigenvalue weighted by Gasteiger charge is -2.70. The van der Waals surface area contributed by atoms with E-state index in [0.29, 0.717) is 0 Å². The van der Waals surface area contributed by atoms with Gasteiger partial charge < -0.3 is 34.0 Å². The summed E-state index contributed by atoms with van der Waals surface area (Å²) in [5, 5.41) is 25.1. The Bertz CT molecular complexity index is 1830. The van der Waals surface area contributed by atoms with Crippen LogP contribution >= 0.6 is 0 Å². The highest BCUT2D eigenvalue weighted by Gasteiger charge is 2.95. The second-order valence-electron chi connectivity index (χ2n) is 15.5. The van der Waals surface area contributed by atoms with Gasteiger partial charge in [0.15, 0.2) is 0 Å². The molecule has 12 nitrogen and oxygen atoms in total. The topological polar surface area (TPSA) is 166 Å². The van der Waals surface area contributed by atoms with E-state index in [2.05, 4.69) is 6.58 Å². The zero-order valence-electron chi connectivity index (χ0n) is 28.7. The Morgan fingerprint density at radius 3 is 1.94 bits per heavy atom. The van der Waals surface area contributed by atoms with Crippen molar-refractivity contribution in [2.24, 2.45) is 39.9 Å². The van der Waals surface area contributed by atoms with Crippen molar-refractivity contribution in [3.8, 4) is 0 Å². The van der Waals surface area contributed by atoms with E-state index >= 15 is 0 Å². The van der Waals surface area contributed by atoms with Crippen LogP contribution in [0.4, 0.5) is 0 Å². The number of piperidine rings is 1. The van der Waals surface area contributed by atoms with E-state index in [9.17, 15) is 34.2 Å². The number of rotatable bonds is 7. The number of hydrogen-bond acceptors (Lipinski definition) is 12. The maximum atomic E-state index is 13.8. The molecule has 15 atom stereocenters. The van der Waals surface area contributed by atoms with E-state index in [4.69, 9.17) is 18.9 Å². The van der Waals surface area contributed by atoms with Crippen LogP contribution in [-0.4, -0.2) is 101 Å². The van der Waals surface area contributed by atoms with Crippen LogP contribution in [0.1, 0.15) is 47.9 Å². The van der Waals surface area contributed by atoms with Gasteiger partial charge in [-0.1, -0.05) is 49.9 Å². The minimum Gasteiger partial charge on any atom is -0.461 e. The maximum Gasteiger partial charge on any atom is 0.338 e. The summed E-state index contributed by atoms with van der Waals surface area (Å²) in [4.78, 5) is 69.1. The highest BCUT2D eigenvalue weighted by Crippen LogP contribution is 2.85. The molecule has 8 aliphatic rings. The standard InChI is InChI=1S/C39H41NO11/c1-18-24-27(51-36(47)22-14-10-7-11-15-22)25-31-39-29(26(40(31)5)33(45)38(25,32(18)44)30(39)28(24)48-19(2)42)37(4,17-41)16-23(34(39)49-20(3)43)50-35(46)21-12-8-6-9-13-21/h6-15,17,23-34,44-45H,1,16H2,2-5H3/t23-,24-,25+,26+,27-,28+,29+,30+,31+,32-,33-,34+,37-,38-,39?/m0/s1. The molecule has 2 N–H and O–H groups in total. The minimum atomic E-state index is -1.51. The number of aliphatic hydroxyl groups excluding tert-OH is 2. The van der Waals surface area contributed by atoms with Gasteiger partial charge in [0.05, 0.1) is 29.3 Å². The first-order valence-electron chi connectivity index (χ1n) is 17.4. The Hall–Kier alpha value is -4.39. The molecule has 2 heterocycles. The molecule has 0 amide bonds. The number of aldehydes is 1. The fourth-order valence-corrected chi connectivity index (χ4v) is 12.4. The third-order valence-corrected chi connectivity index (χ3v) is 13.3. The number of esters is 4. The van der Waals surface area contributed by atoms with E-state index in [1.165, 1.54) is 13.8 Å². The third-order valence-electron chi connectivity index (χ3n) is 13.3. The van der Waals surface area contributed by atoms with Crippen LogP contribution < -0.4 is 0 Å². The van der Waals surface area contributed by atoms with Crippen molar-refractivity contribution in [3.63, 3.8) is 0 Å². The third kappa shape index (κ3) is 4.09. The van der Waals surface area contributed by atoms with Crippen LogP contribution in [0.25, 0.3) is 0 Å². The van der Waals surface area contributed by atoms with Gasteiger partial charge in [-0.05, 0) is 36.9 Å². The van der Waals surface area contributed by atoms with Gasteiger partial charge >= 0.3 is 23.9 Å². The lowest BCUT2D eigenvalue weighted by atomic mass is 9.37. The number of carbonyl (C=O) groups is 5. The number of fused-ring (bicyclic) bond motifs is 1. The molecule has 2 aromatic carbocycles. The molecule has 8 fully saturated rings. The molecule has 6 aliphatic carbocycles. The van der Waals surface area contributed by atoms with E-state index < -0.39 is 113 Å². The first-order chi connectivity index (χ1) is 24.3. The number of aliphatic hydroxyl groups is 2. The SMILES string of the molecule is C=C1[C@@H]2[C@@H](OC(C)=O)[C@H]3C45[C@H](OC(C)=O)[C@@H](OC(=O)c6ccccc6)C[C@@](C)(C=O)[C@H]4[C@@H]4[C@H](O)[C@]3([C@H]([C@H]2OC(=O)c2ccccc2)[C@H]5N4C)[C@H]1O. The average molecular weight is 700 g/mol. The Labute approximate surface area is 294 Å². The van der Waals surface area contributed by atoms with Crippen LogP contribution in [0.2, 0.25) is 0 Å². The Balaban J connectivity index is 1.37.